The Kier molecular flexibility index (Phi) is 17.1. The normalized spacial score (nSPS) is 22.8. The zero-order chi connectivity index (χ0) is 42.2. The van der Waals surface area contributed by atoms with Crippen molar-refractivity contribution in [3.63, 3.8) is 0 Å². The minimum Gasteiger partial charge on any atom is -0.393 e. The number of imidazole rings is 1. The number of fused-ring (bicyclic) bond motifs is 1. The number of rotatable bonds is 22. The second-order valence-corrected chi connectivity index (χ2v) is 18.2. The van der Waals surface area contributed by atoms with Gasteiger partial charge in [-0.05, 0) is 6.92 Å². The highest BCUT2D eigenvalue weighted by Gasteiger charge is 2.50. The molecule has 2 aromatic rings. The Morgan fingerprint density at radius 2 is 1.70 bits per heavy atom. The van der Waals surface area contributed by atoms with Gasteiger partial charge in [-0.2, -0.15) is 4.31 Å². The van der Waals surface area contributed by atoms with E-state index in [4.69, 9.17) is 19.5 Å². The van der Waals surface area contributed by atoms with Crippen molar-refractivity contribution in [3.8, 4) is 0 Å². The van der Waals surface area contributed by atoms with Crippen LogP contribution in [0, 0.1) is 5.41 Å². The van der Waals surface area contributed by atoms with Gasteiger partial charge in [-0.3, -0.25) is 32.5 Å². The number of nitrogens with zero attached hydrogens (tertiary/aromatic N) is 4. The molecule has 30 heteroatoms. The van der Waals surface area contributed by atoms with E-state index in [-0.39, 0.29) is 48.7 Å². The minimum atomic E-state index is -5.59. The second kappa shape index (κ2) is 20.0. The molecule has 1 saturated heterocycles. The Balaban J connectivity index is 1.49. The minimum absolute atomic E-state index is 0.0204. The zero-order valence-corrected chi connectivity index (χ0v) is 33.3. The Hall–Kier alpha value is -2.52. The first kappa shape index (κ1) is 47.9. The van der Waals surface area contributed by atoms with Crippen LogP contribution in [-0.4, -0.2) is 145 Å². The summed E-state index contributed by atoms with van der Waals surface area (Å²) in [4.78, 5) is 87.2. The Morgan fingerprint density at radius 1 is 1.04 bits per heavy atom. The SMILES string of the molecule is CC(O)C[C@@H](O)C(=O)SCCNC(=O)CCNC(=O)[C@H](O)C(C)(C)COP(=O)(O)OP(=O)(O)OC[C@H]1O[C@@H](n2cnc3c(N)ncnc32)[C@H](O)[C@@H]1OP(=O)(O)O. The van der Waals surface area contributed by atoms with Gasteiger partial charge in [-0.1, -0.05) is 25.6 Å². The molecule has 318 valence electrons. The van der Waals surface area contributed by atoms with Crippen LogP contribution in [0.5, 0.6) is 0 Å². The fraction of sp³-hybridized carbons (Fsp3) is 0.692. The van der Waals surface area contributed by atoms with Gasteiger partial charge in [-0.15, -0.1) is 0 Å². The molecule has 0 aliphatic carbocycles. The lowest BCUT2D eigenvalue weighted by Crippen LogP contribution is -2.46. The summed E-state index contributed by atoms with van der Waals surface area (Å²) < 4.78 is 62.0. The smallest absolute Gasteiger partial charge is 0.393 e. The van der Waals surface area contributed by atoms with Crippen LogP contribution in [0.1, 0.15) is 39.8 Å². The van der Waals surface area contributed by atoms with Crippen molar-refractivity contribution in [2.24, 2.45) is 5.41 Å². The van der Waals surface area contributed by atoms with Crippen molar-refractivity contribution in [3.05, 3.63) is 12.7 Å². The number of phosphoric ester groups is 3. The number of ether oxygens (including phenoxy) is 1. The van der Waals surface area contributed by atoms with Gasteiger partial charge in [0.05, 0.1) is 25.6 Å². The van der Waals surface area contributed by atoms with E-state index in [1.807, 2.05) is 0 Å². The molecule has 0 saturated carbocycles. The van der Waals surface area contributed by atoms with Crippen LogP contribution in [0.4, 0.5) is 5.82 Å². The van der Waals surface area contributed by atoms with Crippen molar-refractivity contribution in [1.82, 2.24) is 30.2 Å². The maximum atomic E-state index is 12.7. The number of nitrogens with one attached hydrogen (secondary N) is 2. The third-order valence-electron chi connectivity index (χ3n) is 7.58. The standard InChI is InChI=1S/C26H44N7O19P3S/c1-13(34)8-14(35)25(40)56-7-6-28-16(36)4-5-29-23(39)20(38)26(2,3)10-49-55(46,47)52-54(44,45)48-9-15-19(51-53(41,42)43)18(37)24(50-15)33-12-32-17-21(27)30-11-31-22(17)33/h11-15,18-20,24,34-35,37-38H,4-10H2,1-3H3,(H,28,36)(H,29,39)(H,44,45)(H,46,47)(H2,27,30,31)(H2,41,42,43)/t13?,14-,15-,18-,19-,20+,24-/m1/s1. The van der Waals surface area contributed by atoms with Crippen molar-refractivity contribution in [2.45, 2.75) is 76.5 Å². The summed E-state index contributed by atoms with van der Waals surface area (Å²) in [7, 11) is -16.4. The molecule has 3 heterocycles. The number of carbonyl (C=O) groups is 3. The van der Waals surface area contributed by atoms with Crippen LogP contribution in [0.2, 0.25) is 0 Å². The van der Waals surface area contributed by atoms with E-state index in [0.29, 0.717) is 0 Å². The van der Waals surface area contributed by atoms with Crippen molar-refractivity contribution in [1.29, 1.82) is 0 Å². The fourth-order valence-electron chi connectivity index (χ4n) is 4.80. The lowest BCUT2D eigenvalue weighted by Gasteiger charge is -2.30. The van der Waals surface area contributed by atoms with Gasteiger partial charge in [0.15, 0.2) is 17.7 Å². The highest BCUT2D eigenvalue weighted by atomic mass is 32.2. The van der Waals surface area contributed by atoms with Crippen molar-refractivity contribution >= 4 is 69.1 Å². The summed E-state index contributed by atoms with van der Waals surface area (Å²) in [5.41, 5.74) is 4.20. The average molecular weight is 884 g/mol. The number of aliphatic hydroxyl groups excluding tert-OH is 4. The third-order valence-corrected chi connectivity index (χ3v) is 11.6. The molecular formula is C26H44N7O19P3S. The fourth-order valence-corrected chi connectivity index (χ4v) is 8.32. The van der Waals surface area contributed by atoms with Gasteiger partial charge in [0.1, 0.15) is 42.4 Å². The molecule has 56 heavy (non-hydrogen) atoms. The molecule has 2 amide bonds. The van der Waals surface area contributed by atoms with E-state index in [1.54, 1.807) is 0 Å². The van der Waals surface area contributed by atoms with Gasteiger partial charge in [0.25, 0.3) is 0 Å². The third kappa shape index (κ3) is 14.4. The number of thioether (sulfide) groups is 1. The molecule has 1 aliphatic heterocycles. The summed E-state index contributed by atoms with van der Waals surface area (Å²) in [6.45, 7) is 1.59. The quantitative estimate of drug-likeness (QED) is 0.0441. The van der Waals surface area contributed by atoms with E-state index < -0.39 is 102 Å². The number of aromatic nitrogens is 4. The molecular weight excluding hydrogens is 839 g/mol. The van der Waals surface area contributed by atoms with Gasteiger partial charge in [0.2, 0.25) is 16.9 Å². The van der Waals surface area contributed by atoms with Gasteiger partial charge >= 0.3 is 23.5 Å². The average Bonchev–Trinajstić information content (AvgIpc) is 3.64. The Bertz CT molecular complexity index is 1830. The van der Waals surface area contributed by atoms with E-state index in [2.05, 4.69) is 34.4 Å². The summed E-state index contributed by atoms with van der Waals surface area (Å²) in [5, 5.41) is 44.5. The molecule has 0 spiro atoms. The highest BCUT2D eigenvalue weighted by Crippen LogP contribution is 2.61. The number of nitrogens with two attached hydrogens (primary N) is 1. The lowest BCUT2D eigenvalue weighted by molar-refractivity contribution is -0.137. The van der Waals surface area contributed by atoms with Crippen LogP contribution in [-0.2, 0) is 50.7 Å². The Labute approximate surface area is 321 Å². The molecule has 2 aromatic heterocycles. The van der Waals surface area contributed by atoms with E-state index in [1.165, 1.54) is 20.8 Å². The molecule has 3 unspecified atom stereocenters. The van der Waals surface area contributed by atoms with Crippen LogP contribution in [0.25, 0.3) is 11.2 Å². The predicted octanol–water partition coefficient (Wildman–Crippen LogP) is -2.20. The highest BCUT2D eigenvalue weighted by molar-refractivity contribution is 8.13. The van der Waals surface area contributed by atoms with Gasteiger partial charge < -0.3 is 61.1 Å². The number of anilines is 1. The monoisotopic (exact) mass is 883 g/mol. The van der Waals surface area contributed by atoms with Crippen molar-refractivity contribution < 1.29 is 90.7 Å². The Morgan fingerprint density at radius 3 is 2.34 bits per heavy atom. The summed E-state index contributed by atoms with van der Waals surface area (Å²) in [6.07, 6.45) is -9.45. The molecule has 1 aliphatic rings. The van der Waals surface area contributed by atoms with Crippen LogP contribution in [0.3, 0.4) is 0 Å². The largest absolute Gasteiger partial charge is 0.481 e. The number of aliphatic hydroxyl groups is 4. The summed E-state index contributed by atoms with van der Waals surface area (Å²) in [5.74, 6) is -1.47. The molecule has 0 radical (unpaired) electrons. The number of hydrogen-bond donors (Lipinski definition) is 11. The van der Waals surface area contributed by atoms with Crippen molar-refractivity contribution in [2.75, 3.05) is 37.8 Å². The van der Waals surface area contributed by atoms with E-state index in [9.17, 15) is 68.1 Å². The first-order valence-electron chi connectivity index (χ1n) is 16.2. The molecule has 12 N–H and O–H groups in total. The molecule has 0 bridgehead atoms. The molecule has 26 nitrogen and oxygen atoms in total. The molecule has 9 atom stereocenters. The van der Waals surface area contributed by atoms with E-state index >= 15 is 0 Å². The number of amides is 2. The van der Waals surface area contributed by atoms with Crippen LogP contribution in [0.15, 0.2) is 12.7 Å². The molecule has 1 fully saturated rings. The zero-order valence-electron chi connectivity index (χ0n) is 29.8. The number of hydrogen-bond acceptors (Lipinski definition) is 20. The topological polar surface area (TPSA) is 404 Å². The number of nitrogen functional groups attached to an aromatic ring is 1. The van der Waals surface area contributed by atoms with Gasteiger partial charge in [0, 0.05) is 37.1 Å². The van der Waals surface area contributed by atoms with E-state index in [0.717, 1.165) is 29.0 Å². The first-order valence-corrected chi connectivity index (χ1v) is 21.7. The number of carbonyl (C=O) groups excluding carboxylic acids is 3. The van der Waals surface area contributed by atoms with Gasteiger partial charge in [-0.25, -0.2) is 28.6 Å². The van der Waals surface area contributed by atoms with Crippen LogP contribution < -0.4 is 16.4 Å². The molecule has 3 rings (SSSR count). The maximum Gasteiger partial charge on any atom is 0.481 e. The lowest BCUT2D eigenvalue weighted by atomic mass is 9.87. The summed E-state index contributed by atoms with van der Waals surface area (Å²) in [6, 6.07) is 0. The first-order chi connectivity index (χ1) is 25.8. The predicted molar refractivity (Wildman–Crippen MR) is 189 cm³/mol. The second-order valence-electron chi connectivity index (χ2n) is 12.8. The maximum absolute atomic E-state index is 12.7. The number of phosphoric acid groups is 3. The van der Waals surface area contributed by atoms with Crippen LogP contribution >= 0.6 is 35.2 Å². The molecule has 0 aromatic carbocycles. The summed E-state index contributed by atoms with van der Waals surface area (Å²) >= 11 is 0.759.